The summed E-state index contributed by atoms with van der Waals surface area (Å²) < 4.78 is 25.4. The molecule has 25 heavy (non-hydrogen) atoms. The minimum atomic E-state index is -1.29. The number of ether oxygens (including phenoxy) is 2. The van der Waals surface area contributed by atoms with Crippen molar-refractivity contribution in [2.45, 2.75) is 78.4 Å². The Kier molecular flexibility index (Phi) is 10.2. The molecule has 0 spiro atoms. The van der Waals surface area contributed by atoms with Gasteiger partial charge in [-0.15, -0.1) is 0 Å². The fourth-order valence-corrected chi connectivity index (χ4v) is 4.47. The SMILES string of the molecule is CCC1OC(C)[CH]C1OP(OCCOC(=O)NC)N(C(C)C)C(C)C. The second kappa shape index (κ2) is 11.3. The third kappa shape index (κ3) is 7.35. The van der Waals surface area contributed by atoms with Crippen molar-refractivity contribution in [1.82, 2.24) is 9.99 Å². The molecule has 7 nitrogen and oxygen atoms in total. The Hall–Kier alpha value is -0.460. The molecule has 1 aliphatic rings. The van der Waals surface area contributed by atoms with Crippen LogP contribution in [0, 0.1) is 6.42 Å². The lowest BCUT2D eigenvalue weighted by atomic mass is 10.1. The smallest absolute Gasteiger partial charge is 0.406 e. The zero-order valence-electron chi connectivity index (χ0n) is 16.5. The van der Waals surface area contributed by atoms with Gasteiger partial charge in [-0.25, -0.2) is 9.46 Å². The van der Waals surface area contributed by atoms with Gasteiger partial charge in [-0.3, -0.25) is 0 Å². The van der Waals surface area contributed by atoms with Gasteiger partial charge < -0.3 is 23.8 Å². The van der Waals surface area contributed by atoms with E-state index in [4.69, 9.17) is 18.5 Å². The van der Waals surface area contributed by atoms with Crippen LogP contribution in [-0.2, 0) is 18.5 Å². The largest absolute Gasteiger partial charge is 0.447 e. The van der Waals surface area contributed by atoms with Crippen molar-refractivity contribution < 1.29 is 23.3 Å². The van der Waals surface area contributed by atoms with E-state index in [2.05, 4.69) is 51.0 Å². The van der Waals surface area contributed by atoms with Crippen LogP contribution in [0.3, 0.4) is 0 Å². The van der Waals surface area contributed by atoms with Crippen LogP contribution in [0.5, 0.6) is 0 Å². The van der Waals surface area contributed by atoms with Gasteiger partial charge in [-0.05, 0) is 41.0 Å². The first-order valence-corrected chi connectivity index (χ1v) is 10.2. The highest BCUT2D eigenvalue weighted by molar-refractivity contribution is 7.44. The summed E-state index contributed by atoms with van der Waals surface area (Å²) in [6, 6.07) is 0.539. The molecule has 0 aromatic rings. The maximum Gasteiger partial charge on any atom is 0.406 e. The highest BCUT2D eigenvalue weighted by Gasteiger charge is 2.38. The molecule has 0 saturated carbocycles. The molecule has 147 valence electrons. The first-order valence-electron chi connectivity index (χ1n) is 9.03. The van der Waals surface area contributed by atoms with Gasteiger partial charge in [0.1, 0.15) is 6.61 Å². The molecule has 1 radical (unpaired) electrons. The van der Waals surface area contributed by atoms with Crippen LogP contribution >= 0.6 is 8.53 Å². The Morgan fingerprint density at radius 1 is 1.28 bits per heavy atom. The number of nitrogens with zero attached hydrogens (tertiary/aromatic N) is 1. The molecule has 4 unspecified atom stereocenters. The Bertz CT molecular complexity index is 389. The number of carbonyl (C=O) groups is 1. The molecule has 1 N–H and O–H groups in total. The molecular weight excluding hydrogens is 343 g/mol. The van der Waals surface area contributed by atoms with E-state index in [-0.39, 0.29) is 43.6 Å². The number of nitrogens with one attached hydrogen (secondary N) is 1. The molecule has 8 heteroatoms. The summed E-state index contributed by atoms with van der Waals surface area (Å²) in [6.45, 7) is 13.1. The molecule has 1 saturated heterocycles. The van der Waals surface area contributed by atoms with E-state index in [9.17, 15) is 4.79 Å². The van der Waals surface area contributed by atoms with Crippen LogP contribution in [0.25, 0.3) is 0 Å². The van der Waals surface area contributed by atoms with Crippen molar-refractivity contribution in [2.24, 2.45) is 0 Å². The number of alkyl carbamates (subject to hydrolysis) is 1. The Labute approximate surface area is 153 Å². The van der Waals surface area contributed by atoms with Crippen LogP contribution in [0.4, 0.5) is 4.79 Å². The number of hydrogen-bond donors (Lipinski definition) is 1. The highest BCUT2D eigenvalue weighted by atomic mass is 31.2. The molecule has 1 heterocycles. The van der Waals surface area contributed by atoms with Gasteiger partial charge in [-0.1, -0.05) is 6.92 Å². The summed E-state index contributed by atoms with van der Waals surface area (Å²) in [5.74, 6) is 0. The van der Waals surface area contributed by atoms with Crippen molar-refractivity contribution in [3.05, 3.63) is 6.42 Å². The van der Waals surface area contributed by atoms with E-state index in [0.717, 1.165) is 6.42 Å². The maximum absolute atomic E-state index is 11.2. The van der Waals surface area contributed by atoms with Crippen molar-refractivity contribution in [3.63, 3.8) is 0 Å². The molecule has 1 fully saturated rings. The summed E-state index contributed by atoms with van der Waals surface area (Å²) in [5, 5.41) is 2.41. The van der Waals surface area contributed by atoms with Crippen LogP contribution in [0.1, 0.15) is 48.0 Å². The molecule has 0 aromatic heterocycles. The van der Waals surface area contributed by atoms with Crippen LogP contribution in [-0.4, -0.2) is 61.4 Å². The van der Waals surface area contributed by atoms with Crippen LogP contribution < -0.4 is 5.32 Å². The summed E-state index contributed by atoms with van der Waals surface area (Å²) in [6.07, 6.45) is 2.55. The van der Waals surface area contributed by atoms with E-state index in [0.29, 0.717) is 0 Å². The third-order valence-electron chi connectivity index (χ3n) is 3.80. The minimum Gasteiger partial charge on any atom is -0.447 e. The predicted octanol–water partition coefficient (Wildman–Crippen LogP) is 3.49. The average Bonchev–Trinajstić information content (AvgIpc) is 2.89. The zero-order chi connectivity index (χ0) is 19.0. The fraction of sp³-hybridized carbons (Fsp3) is 0.882. The molecule has 4 atom stereocenters. The van der Waals surface area contributed by atoms with Crippen LogP contribution in [0.2, 0.25) is 0 Å². The van der Waals surface area contributed by atoms with E-state index < -0.39 is 14.6 Å². The predicted molar refractivity (Wildman–Crippen MR) is 99.2 cm³/mol. The Morgan fingerprint density at radius 3 is 2.44 bits per heavy atom. The van der Waals surface area contributed by atoms with Crippen LogP contribution in [0.15, 0.2) is 0 Å². The van der Waals surface area contributed by atoms with Crippen molar-refractivity contribution in [1.29, 1.82) is 0 Å². The monoisotopic (exact) mass is 377 g/mol. The lowest BCUT2D eigenvalue weighted by Gasteiger charge is -2.37. The first-order chi connectivity index (χ1) is 11.8. The van der Waals surface area contributed by atoms with Gasteiger partial charge in [0.15, 0.2) is 0 Å². The fourth-order valence-electron chi connectivity index (χ4n) is 2.77. The number of rotatable bonds is 10. The molecular formula is C17H34N2O5P. The molecule has 0 aliphatic carbocycles. The maximum atomic E-state index is 11.2. The van der Waals surface area contributed by atoms with Crippen molar-refractivity contribution in [3.8, 4) is 0 Å². The topological polar surface area (TPSA) is 69.3 Å². The first kappa shape index (κ1) is 22.6. The Morgan fingerprint density at radius 2 is 1.92 bits per heavy atom. The van der Waals surface area contributed by atoms with Gasteiger partial charge in [0, 0.05) is 25.6 Å². The highest BCUT2D eigenvalue weighted by Crippen LogP contribution is 2.49. The summed E-state index contributed by atoms with van der Waals surface area (Å²) in [5.41, 5.74) is 0. The standard InChI is InChI=1S/C17H34N2O5P/c1-8-15-16(11-14(6)23-15)24-25(19(12(2)3)13(4)5)22-10-9-21-17(20)18-7/h11-16H,8-10H2,1-7H3,(H,18,20). The van der Waals surface area contributed by atoms with Gasteiger partial charge in [0.25, 0.3) is 8.53 Å². The average molecular weight is 377 g/mol. The molecule has 0 aromatic carbocycles. The van der Waals surface area contributed by atoms with Gasteiger partial charge >= 0.3 is 6.09 Å². The van der Waals surface area contributed by atoms with E-state index in [1.807, 2.05) is 6.92 Å². The quantitative estimate of drug-likeness (QED) is 0.464. The molecule has 1 amide bonds. The summed E-state index contributed by atoms with van der Waals surface area (Å²) in [7, 11) is 0.238. The van der Waals surface area contributed by atoms with Gasteiger partial charge in [-0.2, -0.15) is 0 Å². The molecule has 1 aliphatic heterocycles. The van der Waals surface area contributed by atoms with Crippen molar-refractivity contribution in [2.75, 3.05) is 20.3 Å². The van der Waals surface area contributed by atoms with Gasteiger partial charge in [0.05, 0.1) is 24.9 Å². The summed E-state index contributed by atoms with van der Waals surface area (Å²) >= 11 is 0. The van der Waals surface area contributed by atoms with E-state index in [1.165, 1.54) is 7.05 Å². The number of carbonyl (C=O) groups excluding carboxylic acids is 1. The third-order valence-corrected chi connectivity index (χ3v) is 5.93. The second-order valence-electron chi connectivity index (χ2n) is 6.57. The van der Waals surface area contributed by atoms with E-state index >= 15 is 0 Å². The normalized spacial score (nSPS) is 25.0. The number of amides is 1. The minimum absolute atomic E-state index is 0.0480. The lowest BCUT2D eigenvalue weighted by Crippen LogP contribution is -2.36. The molecule has 0 bridgehead atoms. The lowest BCUT2D eigenvalue weighted by molar-refractivity contribution is 0.0150. The zero-order valence-corrected chi connectivity index (χ0v) is 17.4. The number of hydrogen-bond acceptors (Lipinski definition) is 6. The van der Waals surface area contributed by atoms with Crippen molar-refractivity contribution >= 4 is 14.6 Å². The van der Waals surface area contributed by atoms with E-state index in [1.54, 1.807) is 0 Å². The molecule has 1 rings (SSSR count). The summed E-state index contributed by atoms with van der Waals surface area (Å²) in [4.78, 5) is 11.2. The second-order valence-corrected chi connectivity index (χ2v) is 7.98. The Balaban J connectivity index is 2.71. The van der Waals surface area contributed by atoms with Gasteiger partial charge in [0.2, 0.25) is 0 Å².